The minimum Gasteiger partial charge on any atom is -0.487 e. The van der Waals surface area contributed by atoms with Crippen molar-refractivity contribution >= 4 is 51.4 Å². The summed E-state index contributed by atoms with van der Waals surface area (Å²) in [5.74, 6) is -0.621. The number of allylic oxidation sites excluding steroid dienone is 1. The molecule has 8 nitrogen and oxygen atoms in total. The van der Waals surface area contributed by atoms with Crippen molar-refractivity contribution in [2.24, 2.45) is 0 Å². The van der Waals surface area contributed by atoms with Gasteiger partial charge in [0.15, 0.2) is 22.3 Å². The van der Waals surface area contributed by atoms with E-state index >= 15 is 0 Å². The van der Waals surface area contributed by atoms with Crippen LogP contribution in [0.25, 0.3) is 16.6 Å². The number of benzene rings is 2. The van der Waals surface area contributed by atoms with Gasteiger partial charge in [0.1, 0.15) is 11.0 Å². The Bertz CT molecular complexity index is 1420. The summed E-state index contributed by atoms with van der Waals surface area (Å²) < 4.78 is 24.4. The zero-order chi connectivity index (χ0) is 22.9. The van der Waals surface area contributed by atoms with E-state index in [1.54, 1.807) is 49.6 Å². The number of ketones is 1. The van der Waals surface area contributed by atoms with E-state index in [0.717, 1.165) is 16.6 Å². The summed E-state index contributed by atoms with van der Waals surface area (Å²) >= 11 is 2.40. The molecule has 2 aromatic carbocycles. The van der Waals surface area contributed by atoms with E-state index in [0.29, 0.717) is 38.7 Å². The molecule has 0 fully saturated rings. The van der Waals surface area contributed by atoms with Crippen molar-refractivity contribution in [3.63, 3.8) is 0 Å². The lowest BCUT2D eigenvalue weighted by Gasteiger charge is -2.12. The van der Waals surface area contributed by atoms with Crippen molar-refractivity contribution < 1.29 is 28.9 Å². The second-order valence-corrected chi connectivity index (χ2v) is 8.78. The zero-order valence-corrected chi connectivity index (χ0v) is 18.9. The molecule has 0 amide bonds. The third-order valence-electron chi connectivity index (χ3n) is 5.16. The summed E-state index contributed by atoms with van der Waals surface area (Å²) in [7, 11) is 1.56. The first kappa shape index (κ1) is 21.1. The van der Waals surface area contributed by atoms with Crippen LogP contribution >= 0.6 is 23.1 Å². The van der Waals surface area contributed by atoms with Gasteiger partial charge in [-0.15, -0.1) is 11.3 Å². The molecule has 2 aromatic heterocycles. The number of aliphatic carboxylic acids is 1. The highest BCUT2D eigenvalue weighted by Gasteiger charge is 2.26. The molecule has 0 radical (unpaired) electrons. The molecule has 33 heavy (non-hydrogen) atoms. The maximum atomic E-state index is 13.7. The minimum absolute atomic E-state index is 0.0761. The Balaban J connectivity index is 1.66. The van der Waals surface area contributed by atoms with Gasteiger partial charge < -0.3 is 19.3 Å². The lowest BCUT2D eigenvalue weighted by atomic mass is 9.91. The predicted molar refractivity (Wildman–Crippen MR) is 123 cm³/mol. The highest BCUT2D eigenvalue weighted by Crippen LogP contribution is 2.35. The van der Waals surface area contributed by atoms with Crippen molar-refractivity contribution in [3.05, 3.63) is 70.1 Å². The Hall–Kier alpha value is -3.76. The summed E-state index contributed by atoms with van der Waals surface area (Å²) in [5, 5.41) is 10.9. The molecule has 4 aromatic rings. The van der Waals surface area contributed by atoms with E-state index in [-0.39, 0.29) is 24.4 Å². The van der Waals surface area contributed by atoms with Gasteiger partial charge in [0, 0.05) is 22.4 Å². The first-order chi connectivity index (χ1) is 16.0. The summed E-state index contributed by atoms with van der Waals surface area (Å²) in [4.78, 5) is 27.0. The Morgan fingerprint density at radius 3 is 2.58 bits per heavy atom. The number of carboxylic acids is 1. The summed E-state index contributed by atoms with van der Waals surface area (Å²) in [6, 6.07) is 13.4. The number of carbonyl (C=O) groups is 2. The van der Waals surface area contributed by atoms with E-state index in [1.807, 2.05) is 6.07 Å². The molecule has 3 heterocycles. The van der Waals surface area contributed by atoms with Crippen LogP contribution in [0.2, 0.25) is 0 Å². The number of thiophene rings is 1. The van der Waals surface area contributed by atoms with Gasteiger partial charge in [-0.05, 0) is 48.0 Å². The number of carbonyl (C=O) groups excluding carboxylic acids is 1. The van der Waals surface area contributed by atoms with Gasteiger partial charge in [0.2, 0.25) is 6.79 Å². The number of ether oxygens (including phenoxy) is 3. The maximum Gasteiger partial charge on any atom is 0.336 e. The Morgan fingerprint density at radius 2 is 1.79 bits per heavy atom. The number of aromatic nitrogens is 2. The van der Waals surface area contributed by atoms with Crippen LogP contribution in [-0.2, 0) is 11.2 Å². The number of Topliss-reactive ketones (excluding diaryl/α,β-unsaturated/α-hetero) is 1. The molecule has 166 valence electrons. The molecule has 10 heteroatoms. The number of methoxy groups -OCH3 is 1. The van der Waals surface area contributed by atoms with Crippen LogP contribution in [-0.4, -0.2) is 39.5 Å². The molecule has 1 N–H and O–H groups in total. The van der Waals surface area contributed by atoms with Crippen molar-refractivity contribution in [2.75, 3.05) is 13.9 Å². The van der Waals surface area contributed by atoms with E-state index in [1.165, 1.54) is 11.3 Å². The Kier molecular flexibility index (Phi) is 5.53. The van der Waals surface area contributed by atoms with Crippen molar-refractivity contribution in [1.29, 1.82) is 0 Å². The first-order valence-electron chi connectivity index (χ1n) is 9.79. The predicted octanol–water partition coefficient (Wildman–Crippen LogP) is 4.45. The van der Waals surface area contributed by atoms with E-state index < -0.39 is 11.8 Å². The van der Waals surface area contributed by atoms with Crippen molar-refractivity contribution in [2.45, 2.75) is 6.42 Å². The minimum atomic E-state index is -1.20. The molecule has 1 aliphatic rings. The second kappa shape index (κ2) is 8.64. The average molecular weight is 481 g/mol. The third kappa shape index (κ3) is 4.06. The van der Waals surface area contributed by atoms with E-state index in [2.05, 4.69) is 8.75 Å². The number of fused-ring (bicyclic) bond motifs is 2. The van der Waals surface area contributed by atoms with Crippen LogP contribution in [0.5, 0.6) is 16.6 Å². The van der Waals surface area contributed by atoms with Crippen LogP contribution < -0.4 is 14.2 Å². The molecular formula is C23H16N2O6S2. The van der Waals surface area contributed by atoms with Crippen LogP contribution in [0.4, 0.5) is 0 Å². The van der Waals surface area contributed by atoms with Crippen molar-refractivity contribution in [1.82, 2.24) is 8.75 Å². The monoisotopic (exact) mass is 480 g/mol. The van der Waals surface area contributed by atoms with Gasteiger partial charge in [0.25, 0.3) is 0 Å². The highest BCUT2D eigenvalue weighted by atomic mass is 32.1. The lowest BCUT2D eigenvalue weighted by molar-refractivity contribution is -0.130. The molecular weight excluding hydrogens is 464 g/mol. The fourth-order valence-electron chi connectivity index (χ4n) is 3.60. The highest BCUT2D eigenvalue weighted by molar-refractivity contribution is 7.13. The smallest absolute Gasteiger partial charge is 0.336 e. The molecule has 0 bridgehead atoms. The number of nitrogens with zero attached hydrogens (tertiary/aromatic N) is 2. The van der Waals surface area contributed by atoms with Gasteiger partial charge in [-0.25, -0.2) is 4.79 Å². The van der Waals surface area contributed by atoms with Gasteiger partial charge in [-0.3, -0.25) is 4.79 Å². The fraction of sp³-hybridized carbons (Fsp3) is 0.130. The number of hydrogen-bond acceptors (Lipinski definition) is 9. The quantitative estimate of drug-likeness (QED) is 0.305. The number of hydrogen-bond donors (Lipinski definition) is 1. The molecule has 0 aliphatic carbocycles. The molecule has 0 saturated heterocycles. The van der Waals surface area contributed by atoms with E-state index in [9.17, 15) is 14.7 Å². The number of rotatable bonds is 7. The average Bonchev–Trinajstić information content (AvgIpc) is 3.57. The van der Waals surface area contributed by atoms with Gasteiger partial charge in [-0.2, -0.15) is 8.75 Å². The van der Waals surface area contributed by atoms with Gasteiger partial charge >= 0.3 is 5.97 Å². The van der Waals surface area contributed by atoms with Crippen molar-refractivity contribution in [3.8, 4) is 16.6 Å². The zero-order valence-electron chi connectivity index (χ0n) is 17.2. The molecule has 0 saturated carbocycles. The van der Waals surface area contributed by atoms with Gasteiger partial charge in [0.05, 0.1) is 24.4 Å². The van der Waals surface area contributed by atoms with Crippen LogP contribution in [0.15, 0.2) is 54.1 Å². The van der Waals surface area contributed by atoms with E-state index in [4.69, 9.17) is 14.2 Å². The van der Waals surface area contributed by atoms with Crippen LogP contribution in [0.3, 0.4) is 0 Å². The molecule has 0 unspecified atom stereocenters. The molecule has 0 atom stereocenters. The summed E-state index contributed by atoms with van der Waals surface area (Å²) in [6.45, 7) is 0.0761. The Labute approximate surface area is 196 Å². The molecule has 5 rings (SSSR count). The standard InChI is InChI=1S/C23H16N2O6S2/c1-29-20-7-4-14(32-20)10-15(22(26)13-3-6-18-19(9-13)31-11-30-18)21(23(27)28)12-2-5-16-17(8-12)25-33-24-16/h2-9H,10-11H2,1H3,(H,27,28). The molecule has 0 spiro atoms. The van der Waals surface area contributed by atoms with Crippen LogP contribution in [0.1, 0.15) is 20.8 Å². The fourth-order valence-corrected chi connectivity index (χ4v) is 4.94. The largest absolute Gasteiger partial charge is 0.487 e. The molecule has 1 aliphatic heterocycles. The topological polar surface area (TPSA) is 108 Å². The lowest BCUT2D eigenvalue weighted by Crippen LogP contribution is -2.13. The normalized spacial score (nSPS) is 13.1. The van der Waals surface area contributed by atoms with Crippen LogP contribution in [0, 0.1) is 0 Å². The summed E-state index contributed by atoms with van der Waals surface area (Å²) in [5.41, 5.74) is 2.00. The van der Waals surface area contributed by atoms with Gasteiger partial charge in [-0.1, -0.05) is 6.07 Å². The Morgan fingerprint density at radius 1 is 1.00 bits per heavy atom. The summed E-state index contributed by atoms with van der Waals surface area (Å²) in [6.07, 6.45) is 0.121. The number of carboxylic acid groups (broad SMARTS) is 1. The third-order valence-corrected chi connectivity index (χ3v) is 6.76. The maximum absolute atomic E-state index is 13.7. The first-order valence-corrected chi connectivity index (χ1v) is 11.3. The SMILES string of the molecule is COc1ccc(CC(C(=O)c2ccc3c(c2)OCO3)=C(C(=O)O)c2ccc3nsnc3c2)s1. The second-order valence-electron chi connectivity index (χ2n) is 7.13.